The van der Waals surface area contributed by atoms with Gasteiger partial charge in [0.2, 0.25) is 0 Å². The van der Waals surface area contributed by atoms with Crippen molar-refractivity contribution >= 4 is 39.1 Å². The Kier molecular flexibility index (Phi) is 7.54. The average molecular weight is 492 g/mol. The van der Waals surface area contributed by atoms with E-state index < -0.39 is 6.10 Å². The van der Waals surface area contributed by atoms with Crippen LogP contribution in [0.5, 0.6) is 17.2 Å². The van der Waals surface area contributed by atoms with Crippen LogP contribution in [-0.2, 0) is 11.4 Å². The van der Waals surface area contributed by atoms with Crippen LogP contribution in [0, 0.1) is 0 Å². The van der Waals surface area contributed by atoms with E-state index in [-0.39, 0.29) is 5.91 Å². The zero-order valence-corrected chi connectivity index (χ0v) is 18.7. The van der Waals surface area contributed by atoms with Gasteiger partial charge in [-0.15, -0.1) is 0 Å². The molecule has 0 radical (unpaired) electrons. The van der Waals surface area contributed by atoms with E-state index in [1.54, 1.807) is 62.8 Å². The Morgan fingerprint density at radius 1 is 1.17 bits per heavy atom. The molecule has 6 nitrogen and oxygen atoms in total. The van der Waals surface area contributed by atoms with E-state index in [9.17, 15) is 4.79 Å². The Labute approximate surface area is 188 Å². The van der Waals surface area contributed by atoms with Crippen LogP contribution in [0.15, 0.2) is 65.4 Å². The van der Waals surface area contributed by atoms with Gasteiger partial charge in [-0.3, -0.25) is 9.78 Å². The summed E-state index contributed by atoms with van der Waals surface area (Å²) in [5.74, 6) is 1.29. The largest absolute Gasteiger partial charge is 0.493 e. The SMILES string of the molecule is COc1ccc(NC(=O)C(C)Oc2ccc(Cl)cc2Br)cc1OCc1cccnc1. The number of anilines is 1. The van der Waals surface area contributed by atoms with Crippen LogP contribution in [-0.4, -0.2) is 24.1 Å². The van der Waals surface area contributed by atoms with Crippen molar-refractivity contribution in [1.82, 2.24) is 4.98 Å². The smallest absolute Gasteiger partial charge is 0.265 e. The molecule has 2 aromatic carbocycles. The first-order valence-electron chi connectivity index (χ1n) is 9.08. The lowest BCUT2D eigenvalue weighted by Gasteiger charge is -2.17. The molecule has 1 heterocycles. The van der Waals surface area contributed by atoms with Gasteiger partial charge in [-0.25, -0.2) is 0 Å². The van der Waals surface area contributed by atoms with Crippen molar-refractivity contribution in [3.63, 3.8) is 0 Å². The van der Waals surface area contributed by atoms with Crippen molar-refractivity contribution in [2.24, 2.45) is 0 Å². The second kappa shape index (κ2) is 10.3. The number of nitrogens with zero attached hydrogens (tertiary/aromatic N) is 1. The molecule has 1 atom stereocenters. The highest BCUT2D eigenvalue weighted by Gasteiger charge is 2.17. The fourth-order valence-electron chi connectivity index (χ4n) is 2.57. The van der Waals surface area contributed by atoms with Crippen LogP contribution in [0.1, 0.15) is 12.5 Å². The fraction of sp³-hybridized carbons (Fsp3) is 0.182. The van der Waals surface area contributed by atoms with Gasteiger partial charge in [0.05, 0.1) is 11.6 Å². The molecule has 8 heteroatoms. The zero-order valence-electron chi connectivity index (χ0n) is 16.4. The summed E-state index contributed by atoms with van der Waals surface area (Å²) in [4.78, 5) is 16.7. The number of carbonyl (C=O) groups is 1. The minimum absolute atomic E-state index is 0.305. The molecule has 0 aliphatic rings. The van der Waals surface area contributed by atoms with Gasteiger partial charge in [0.1, 0.15) is 12.4 Å². The van der Waals surface area contributed by atoms with Crippen LogP contribution in [0.25, 0.3) is 0 Å². The molecule has 1 N–H and O–H groups in total. The number of rotatable bonds is 8. The summed E-state index contributed by atoms with van der Waals surface area (Å²) < 4.78 is 17.6. The molecule has 0 spiro atoms. The van der Waals surface area contributed by atoms with Gasteiger partial charge in [0, 0.05) is 34.7 Å². The van der Waals surface area contributed by atoms with Gasteiger partial charge in [0.25, 0.3) is 5.91 Å². The van der Waals surface area contributed by atoms with Crippen molar-refractivity contribution < 1.29 is 19.0 Å². The van der Waals surface area contributed by atoms with E-state index in [2.05, 4.69) is 26.2 Å². The molecule has 156 valence electrons. The second-order valence-corrected chi connectivity index (χ2v) is 7.63. The number of nitrogens with one attached hydrogen (secondary N) is 1. The zero-order chi connectivity index (χ0) is 21.5. The molecule has 0 saturated carbocycles. The molecule has 30 heavy (non-hydrogen) atoms. The quantitative estimate of drug-likeness (QED) is 0.451. The number of hydrogen-bond donors (Lipinski definition) is 1. The molecular formula is C22H20BrClN2O4. The first kappa shape index (κ1) is 21.9. The van der Waals surface area contributed by atoms with E-state index in [0.29, 0.717) is 39.0 Å². The van der Waals surface area contributed by atoms with Gasteiger partial charge >= 0.3 is 0 Å². The molecule has 1 aromatic heterocycles. The maximum atomic E-state index is 12.6. The van der Waals surface area contributed by atoms with Crippen LogP contribution < -0.4 is 19.5 Å². The van der Waals surface area contributed by atoms with Gasteiger partial charge in [0.15, 0.2) is 17.6 Å². The van der Waals surface area contributed by atoms with Crippen LogP contribution in [0.3, 0.4) is 0 Å². The van der Waals surface area contributed by atoms with Crippen molar-refractivity contribution in [3.05, 3.63) is 76.0 Å². The summed E-state index contributed by atoms with van der Waals surface area (Å²) in [7, 11) is 1.56. The molecule has 3 aromatic rings. The van der Waals surface area contributed by atoms with Crippen molar-refractivity contribution in [3.8, 4) is 17.2 Å². The average Bonchev–Trinajstić information content (AvgIpc) is 2.75. The fourth-order valence-corrected chi connectivity index (χ4v) is 3.35. The van der Waals surface area contributed by atoms with Crippen molar-refractivity contribution in [2.45, 2.75) is 19.6 Å². The molecule has 0 bridgehead atoms. The lowest BCUT2D eigenvalue weighted by molar-refractivity contribution is -0.122. The number of hydrogen-bond acceptors (Lipinski definition) is 5. The number of aromatic nitrogens is 1. The highest BCUT2D eigenvalue weighted by Crippen LogP contribution is 2.32. The standard InChI is InChI=1S/C22H20BrClN2O4/c1-14(30-19-7-5-16(24)10-18(19)23)22(27)26-17-6-8-20(28-2)21(11-17)29-13-15-4-3-9-25-12-15/h3-12,14H,13H2,1-2H3,(H,26,27). The number of carbonyl (C=O) groups excluding carboxylic acids is 1. The molecular weight excluding hydrogens is 472 g/mol. The lowest BCUT2D eigenvalue weighted by atomic mass is 10.2. The predicted octanol–water partition coefficient (Wildman–Crippen LogP) is 5.49. The first-order valence-corrected chi connectivity index (χ1v) is 10.3. The van der Waals surface area contributed by atoms with Crippen LogP contribution >= 0.6 is 27.5 Å². The second-order valence-electron chi connectivity index (χ2n) is 6.34. The van der Waals surface area contributed by atoms with E-state index >= 15 is 0 Å². The summed E-state index contributed by atoms with van der Waals surface area (Å²) in [5.41, 5.74) is 1.48. The number of methoxy groups -OCH3 is 1. The minimum Gasteiger partial charge on any atom is -0.493 e. The first-order chi connectivity index (χ1) is 14.5. The minimum atomic E-state index is -0.732. The highest BCUT2D eigenvalue weighted by atomic mass is 79.9. The van der Waals surface area contributed by atoms with E-state index in [1.165, 1.54) is 0 Å². The topological polar surface area (TPSA) is 69.7 Å². The summed E-state index contributed by atoms with van der Waals surface area (Å²) in [6.07, 6.45) is 2.70. The molecule has 1 amide bonds. The maximum Gasteiger partial charge on any atom is 0.265 e. The van der Waals surface area contributed by atoms with E-state index in [4.69, 9.17) is 25.8 Å². The van der Waals surface area contributed by atoms with Crippen molar-refractivity contribution in [2.75, 3.05) is 12.4 Å². The third-order valence-electron chi connectivity index (χ3n) is 4.12. The summed E-state index contributed by atoms with van der Waals surface area (Å²) >= 11 is 9.31. The Morgan fingerprint density at radius 2 is 1.97 bits per heavy atom. The number of halogens is 2. The van der Waals surface area contributed by atoms with Gasteiger partial charge in [-0.1, -0.05) is 17.7 Å². The lowest BCUT2D eigenvalue weighted by Crippen LogP contribution is -2.30. The summed E-state index contributed by atoms with van der Waals surface area (Å²) in [6.45, 7) is 1.99. The Morgan fingerprint density at radius 3 is 2.67 bits per heavy atom. The molecule has 1 unspecified atom stereocenters. The molecule has 0 aliphatic heterocycles. The maximum absolute atomic E-state index is 12.6. The van der Waals surface area contributed by atoms with Gasteiger partial charge < -0.3 is 19.5 Å². The van der Waals surface area contributed by atoms with E-state index in [0.717, 1.165) is 5.56 Å². The number of pyridine rings is 1. The molecule has 3 rings (SSSR count). The van der Waals surface area contributed by atoms with E-state index in [1.807, 2.05) is 12.1 Å². The Hall–Kier alpha value is -2.77. The number of amides is 1. The van der Waals surface area contributed by atoms with Crippen LogP contribution in [0.2, 0.25) is 5.02 Å². The van der Waals surface area contributed by atoms with Crippen molar-refractivity contribution in [1.29, 1.82) is 0 Å². The monoisotopic (exact) mass is 490 g/mol. The third-order valence-corrected chi connectivity index (χ3v) is 4.97. The Bertz CT molecular complexity index is 1020. The normalized spacial score (nSPS) is 11.5. The molecule has 0 saturated heterocycles. The van der Waals surface area contributed by atoms with Gasteiger partial charge in [-0.2, -0.15) is 0 Å². The summed E-state index contributed by atoms with van der Waals surface area (Å²) in [5, 5.41) is 3.40. The molecule has 0 aliphatic carbocycles. The van der Waals surface area contributed by atoms with Gasteiger partial charge in [-0.05, 0) is 59.3 Å². The number of benzene rings is 2. The highest BCUT2D eigenvalue weighted by molar-refractivity contribution is 9.10. The summed E-state index contributed by atoms with van der Waals surface area (Å²) in [6, 6.07) is 14.0. The molecule has 0 fully saturated rings. The third kappa shape index (κ3) is 5.87. The Balaban J connectivity index is 1.66. The predicted molar refractivity (Wildman–Crippen MR) is 119 cm³/mol. The van der Waals surface area contributed by atoms with Crippen LogP contribution in [0.4, 0.5) is 5.69 Å². The number of ether oxygens (including phenoxy) is 3.